The van der Waals surface area contributed by atoms with E-state index in [0.717, 1.165) is 27.8 Å². The number of hydrogen-bond donors (Lipinski definition) is 1. The number of nitrogens with zero attached hydrogens (tertiary/aromatic N) is 2. The lowest BCUT2D eigenvalue weighted by Crippen LogP contribution is -2.26. The summed E-state index contributed by atoms with van der Waals surface area (Å²) >= 11 is 0. The van der Waals surface area contributed by atoms with Gasteiger partial charge in [0.2, 0.25) is 0 Å². The largest absolute Gasteiger partial charge is 0.497 e. The molecule has 4 rings (SSSR count). The number of rotatable bonds is 5. The Balaban J connectivity index is 1.80. The van der Waals surface area contributed by atoms with E-state index < -0.39 is 6.10 Å². The molecule has 0 radical (unpaired) electrons. The fraction of sp³-hybridized carbons (Fsp3) is 0.167. The maximum Gasteiger partial charge on any atom is 0.274 e. The van der Waals surface area contributed by atoms with Gasteiger partial charge in [0.15, 0.2) is 0 Å². The first kappa shape index (κ1) is 18.9. The average molecular weight is 386 g/mol. The molecule has 0 fully saturated rings. The third-order valence-corrected chi connectivity index (χ3v) is 5.04. The molecule has 29 heavy (non-hydrogen) atoms. The van der Waals surface area contributed by atoms with Gasteiger partial charge in [-0.25, -0.2) is 4.68 Å². The van der Waals surface area contributed by atoms with Crippen LogP contribution in [0, 0.1) is 6.92 Å². The van der Waals surface area contributed by atoms with E-state index in [1.54, 1.807) is 13.2 Å². The zero-order valence-corrected chi connectivity index (χ0v) is 16.4. The molecule has 1 aromatic heterocycles. The van der Waals surface area contributed by atoms with Crippen molar-refractivity contribution in [2.75, 3.05) is 7.11 Å². The van der Waals surface area contributed by atoms with Crippen LogP contribution >= 0.6 is 0 Å². The Bertz CT molecular complexity index is 1200. The van der Waals surface area contributed by atoms with E-state index in [0.29, 0.717) is 11.1 Å². The Labute approximate surface area is 168 Å². The van der Waals surface area contributed by atoms with Crippen LogP contribution in [0.3, 0.4) is 0 Å². The number of fused-ring (bicyclic) bond motifs is 1. The second kappa shape index (κ2) is 7.89. The highest BCUT2D eigenvalue weighted by Crippen LogP contribution is 2.27. The molecule has 3 aromatic carbocycles. The smallest absolute Gasteiger partial charge is 0.274 e. The average Bonchev–Trinajstić information content (AvgIpc) is 2.76. The predicted octanol–water partition coefficient (Wildman–Crippen LogP) is 4.11. The fourth-order valence-electron chi connectivity index (χ4n) is 3.38. The lowest BCUT2D eigenvalue weighted by molar-refractivity contribution is 0.150. The second-order valence-electron chi connectivity index (χ2n) is 7.04. The summed E-state index contributed by atoms with van der Waals surface area (Å²) in [6.45, 7) is 2.07. The third-order valence-electron chi connectivity index (χ3n) is 5.04. The van der Waals surface area contributed by atoms with Crippen LogP contribution in [0.1, 0.15) is 17.2 Å². The molecule has 4 aromatic rings. The van der Waals surface area contributed by atoms with Crippen LogP contribution in [0.5, 0.6) is 5.75 Å². The molecule has 5 nitrogen and oxygen atoms in total. The lowest BCUT2D eigenvalue weighted by Gasteiger charge is -2.15. The van der Waals surface area contributed by atoms with E-state index in [4.69, 9.17) is 4.74 Å². The normalized spacial score (nSPS) is 12.1. The van der Waals surface area contributed by atoms with Gasteiger partial charge in [0, 0.05) is 10.9 Å². The topological polar surface area (TPSA) is 64.3 Å². The molecule has 1 heterocycles. The van der Waals surface area contributed by atoms with Gasteiger partial charge in [-0.3, -0.25) is 4.79 Å². The Morgan fingerprint density at radius 2 is 1.62 bits per heavy atom. The van der Waals surface area contributed by atoms with Crippen molar-refractivity contribution in [1.29, 1.82) is 0 Å². The van der Waals surface area contributed by atoms with Crippen LogP contribution in [0.2, 0.25) is 0 Å². The zero-order valence-electron chi connectivity index (χ0n) is 16.4. The maximum absolute atomic E-state index is 13.0. The van der Waals surface area contributed by atoms with Crippen molar-refractivity contribution in [2.24, 2.45) is 0 Å². The van der Waals surface area contributed by atoms with Gasteiger partial charge in [0.1, 0.15) is 5.75 Å². The highest BCUT2D eigenvalue weighted by atomic mass is 16.5. The Kier molecular flexibility index (Phi) is 5.14. The molecule has 1 atom stereocenters. The van der Waals surface area contributed by atoms with Crippen molar-refractivity contribution >= 4 is 10.8 Å². The first-order valence-corrected chi connectivity index (χ1v) is 9.46. The molecule has 0 amide bonds. The van der Waals surface area contributed by atoms with E-state index in [9.17, 15) is 9.90 Å². The minimum Gasteiger partial charge on any atom is -0.497 e. The first-order chi connectivity index (χ1) is 14.1. The molecule has 1 N–H and O–H groups in total. The van der Waals surface area contributed by atoms with Crippen molar-refractivity contribution < 1.29 is 9.84 Å². The summed E-state index contributed by atoms with van der Waals surface area (Å²) in [6.07, 6.45) is -0.828. The maximum atomic E-state index is 13.0. The molecule has 0 aliphatic carbocycles. The lowest BCUT2D eigenvalue weighted by atomic mass is 10.0. The van der Waals surface area contributed by atoms with Crippen molar-refractivity contribution in [1.82, 2.24) is 9.78 Å². The van der Waals surface area contributed by atoms with Crippen LogP contribution in [0.15, 0.2) is 77.6 Å². The van der Waals surface area contributed by atoms with E-state index in [1.807, 2.05) is 73.7 Å². The van der Waals surface area contributed by atoms with Crippen molar-refractivity contribution in [3.63, 3.8) is 0 Å². The second-order valence-corrected chi connectivity index (χ2v) is 7.04. The van der Waals surface area contributed by atoms with Gasteiger partial charge in [-0.15, -0.1) is 0 Å². The van der Waals surface area contributed by atoms with Crippen LogP contribution in [0.4, 0.5) is 0 Å². The monoisotopic (exact) mass is 386 g/mol. The Morgan fingerprint density at radius 1 is 0.966 bits per heavy atom. The summed E-state index contributed by atoms with van der Waals surface area (Å²) in [5, 5.41) is 16.6. The van der Waals surface area contributed by atoms with Gasteiger partial charge in [-0.2, -0.15) is 5.10 Å². The SMILES string of the molecule is COc1ccc(-c2nn(CC(O)c3ccc(C)cc3)c(=O)c3ccccc23)cc1. The Hall–Kier alpha value is -3.44. The van der Waals surface area contributed by atoms with Gasteiger partial charge in [-0.1, -0.05) is 48.0 Å². The van der Waals surface area contributed by atoms with Crippen molar-refractivity contribution in [3.8, 4) is 17.0 Å². The number of hydrogen-bond acceptors (Lipinski definition) is 4. The van der Waals surface area contributed by atoms with Crippen LogP contribution < -0.4 is 10.3 Å². The summed E-state index contributed by atoms with van der Waals surface area (Å²) < 4.78 is 6.59. The summed E-state index contributed by atoms with van der Waals surface area (Å²) in [7, 11) is 1.62. The molecule has 0 aliphatic rings. The van der Waals surface area contributed by atoms with Gasteiger partial charge in [-0.05, 0) is 42.8 Å². The van der Waals surface area contributed by atoms with Crippen molar-refractivity contribution in [3.05, 3.63) is 94.3 Å². The Morgan fingerprint density at radius 3 is 2.28 bits per heavy atom. The summed E-state index contributed by atoms with van der Waals surface area (Å²) in [4.78, 5) is 13.0. The third kappa shape index (κ3) is 3.77. The molecule has 5 heteroatoms. The molecule has 146 valence electrons. The zero-order chi connectivity index (χ0) is 20.4. The molecule has 0 saturated carbocycles. The number of benzene rings is 3. The number of aliphatic hydroxyl groups is 1. The number of aliphatic hydroxyl groups excluding tert-OH is 1. The van der Waals surface area contributed by atoms with Gasteiger partial charge >= 0.3 is 0 Å². The minimum absolute atomic E-state index is 0.0792. The van der Waals surface area contributed by atoms with E-state index in [2.05, 4.69) is 5.10 Å². The van der Waals surface area contributed by atoms with E-state index in [1.165, 1.54) is 4.68 Å². The molecule has 0 spiro atoms. The molecule has 0 aliphatic heterocycles. The minimum atomic E-state index is -0.828. The molecular weight excluding hydrogens is 364 g/mol. The van der Waals surface area contributed by atoms with Crippen LogP contribution in [0.25, 0.3) is 22.0 Å². The quantitative estimate of drug-likeness (QED) is 0.561. The van der Waals surface area contributed by atoms with Crippen LogP contribution in [-0.2, 0) is 6.54 Å². The summed E-state index contributed by atoms with van der Waals surface area (Å²) in [5.74, 6) is 0.751. The van der Waals surface area contributed by atoms with E-state index >= 15 is 0 Å². The van der Waals surface area contributed by atoms with E-state index in [-0.39, 0.29) is 12.1 Å². The number of aryl methyl sites for hydroxylation is 1. The number of ether oxygens (including phenoxy) is 1. The highest BCUT2D eigenvalue weighted by molar-refractivity contribution is 5.93. The first-order valence-electron chi connectivity index (χ1n) is 9.46. The fourth-order valence-corrected chi connectivity index (χ4v) is 3.38. The molecule has 0 saturated heterocycles. The highest BCUT2D eigenvalue weighted by Gasteiger charge is 2.15. The predicted molar refractivity (Wildman–Crippen MR) is 114 cm³/mol. The van der Waals surface area contributed by atoms with Gasteiger partial charge < -0.3 is 9.84 Å². The summed E-state index contributed by atoms with van der Waals surface area (Å²) in [5.41, 5.74) is 3.22. The molecule has 1 unspecified atom stereocenters. The number of methoxy groups -OCH3 is 1. The standard InChI is InChI=1S/C24H22N2O3/c1-16-7-9-17(10-8-16)22(27)15-26-24(28)21-6-4-3-5-20(21)23(25-26)18-11-13-19(29-2)14-12-18/h3-14,22,27H,15H2,1-2H3. The molecule has 0 bridgehead atoms. The number of aromatic nitrogens is 2. The van der Waals surface area contributed by atoms with Gasteiger partial charge in [0.25, 0.3) is 5.56 Å². The molecular formula is C24H22N2O3. The van der Waals surface area contributed by atoms with Crippen LogP contribution in [-0.4, -0.2) is 22.0 Å². The van der Waals surface area contributed by atoms with Crippen molar-refractivity contribution in [2.45, 2.75) is 19.6 Å². The summed E-state index contributed by atoms with van der Waals surface area (Å²) in [6, 6.07) is 22.6. The van der Waals surface area contributed by atoms with Gasteiger partial charge in [0.05, 0.1) is 30.8 Å².